The lowest BCUT2D eigenvalue weighted by atomic mass is 10.0. The van der Waals surface area contributed by atoms with E-state index in [1.165, 1.54) is 0 Å². The van der Waals surface area contributed by atoms with E-state index in [2.05, 4.69) is 23.7 Å². The summed E-state index contributed by atoms with van der Waals surface area (Å²) in [5.74, 6) is 0.495. The van der Waals surface area contributed by atoms with Crippen molar-refractivity contribution in [2.24, 2.45) is 0 Å². The summed E-state index contributed by atoms with van der Waals surface area (Å²) in [5, 5.41) is 1.81. The van der Waals surface area contributed by atoms with Gasteiger partial charge in [-0.1, -0.05) is 11.6 Å². The maximum atomic E-state index is 6.06. The number of anilines is 1. The zero-order chi connectivity index (χ0) is 15.0. The van der Waals surface area contributed by atoms with Crippen molar-refractivity contribution >= 4 is 39.8 Å². The molecule has 1 aliphatic heterocycles. The summed E-state index contributed by atoms with van der Waals surface area (Å²) < 4.78 is 6.00. The molecule has 1 fully saturated rings. The molecule has 2 heterocycles. The van der Waals surface area contributed by atoms with Crippen LogP contribution in [0.2, 0.25) is 5.02 Å². The third-order valence-corrected chi connectivity index (χ3v) is 4.26. The Morgan fingerprint density at radius 3 is 2.95 bits per heavy atom. The molecule has 1 saturated heterocycles. The molecule has 0 aliphatic carbocycles. The first kappa shape index (κ1) is 14.9. The first-order valence-corrected chi connectivity index (χ1v) is 7.93. The van der Waals surface area contributed by atoms with Gasteiger partial charge in [0.15, 0.2) is 0 Å². The standard InChI is InChI=1S/C16H18Cl2N2O/c1-16(2)10-20(9-12(8-17)21-16)15-5-6-19-14-7-11(18)3-4-13(14)15/h3-7,12H,8-10H2,1-2H3. The number of halogens is 2. The van der Waals surface area contributed by atoms with Crippen LogP contribution in [0.15, 0.2) is 30.5 Å². The van der Waals surface area contributed by atoms with Gasteiger partial charge in [0, 0.05) is 35.4 Å². The number of hydrogen-bond acceptors (Lipinski definition) is 3. The Labute approximate surface area is 134 Å². The van der Waals surface area contributed by atoms with Crippen molar-refractivity contribution < 1.29 is 4.74 Å². The van der Waals surface area contributed by atoms with Crippen molar-refractivity contribution in [2.75, 3.05) is 23.9 Å². The predicted octanol–water partition coefficient (Wildman–Crippen LogP) is 4.11. The van der Waals surface area contributed by atoms with Crippen LogP contribution < -0.4 is 4.90 Å². The molecule has 1 aliphatic rings. The molecule has 0 amide bonds. The van der Waals surface area contributed by atoms with Crippen molar-refractivity contribution in [3.05, 3.63) is 35.5 Å². The van der Waals surface area contributed by atoms with Crippen LogP contribution in [-0.2, 0) is 4.74 Å². The number of ether oxygens (including phenoxy) is 1. The van der Waals surface area contributed by atoms with E-state index in [9.17, 15) is 0 Å². The predicted molar refractivity (Wildman–Crippen MR) is 88.6 cm³/mol. The van der Waals surface area contributed by atoms with E-state index >= 15 is 0 Å². The Bertz CT molecular complexity index is 660. The molecular weight excluding hydrogens is 307 g/mol. The highest BCUT2D eigenvalue weighted by Crippen LogP contribution is 2.32. The van der Waals surface area contributed by atoms with Crippen molar-refractivity contribution in [1.82, 2.24) is 4.98 Å². The van der Waals surface area contributed by atoms with Crippen molar-refractivity contribution in [2.45, 2.75) is 25.6 Å². The fraction of sp³-hybridized carbons (Fsp3) is 0.438. The lowest BCUT2D eigenvalue weighted by molar-refractivity contribution is -0.0733. The van der Waals surface area contributed by atoms with Gasteiger partial charge in [-0.05, 0) is 38.1 Å². The molecule has 1 aromatic heterocycles. The van der Waals surface area contributed by atoms with Crippen LogP contribution in [0.5, 0.6) is 0 Å². The van der Waals surface area contributed by atoms with E-state index in [0.717, 1.165) is 29.7 Å². The molecule has 3 nitrogen and oxygen atoms in total. The van der Waals surface area contributed by atoms with Crippen molar-refractivity contribution in [1.29, 1.82) is 0 Å². The number of fused-ring (bicyclic) bond motifs is 1. The molecule has 2 aromatic rings. The number of aromatic nitrogens is 1. The maximum Gasteiger partial charge on any atom is 0.0893 e. The smallest absolute Gasteiger partial charge is 0.0893 e. The molecule has 1 atom stereocenters. The van der Waals surface area contributed by atoms with Gasteiger partial charge in [0.2, 0.25) is 0 Å². The molecule has 0 N–H and O–H groups in total. The second-order valence-corrected chi connectivity index (χ2v) is 6.77. The minimum absolute atomic E-state index is 0.0333. The van der Waals surface area contributed by atoms with Gasteiger partial charge in [0.1, 0.15) is 0 Å². The zero-order valence-electron chi connectivity index (χ0n) is 12.1. The molecule has 5 heteroatoms. The number of morpholine rings is 1. The lowest BCUT2D eigenvalue weighted by Crippen LogP contribution is -2.53. The number of hydrogen-bond donors (Lipinski definition) is 0. The summed E-state index contributed by atoms with van der Waals surface area (Å²) in [6, 6.07) is 7.87. The van der Waals surface area contributed by atoms with Crippen LogP contribution in [0.25, 0.3) is 10.9 Å². The zero-order valence-corrected chi connectivity index (χ0v) is 13.7. The van der Waals surface area contributed by atoms with Gasteiger partial charge in [-0.2, -0.15) is 0 Å². The lowest BCUT2D eigenvalue weighted by Gasteiger charge is -2.43. The molecule has 1 unspecified atom stereocenters. The second kappa shape index (κ2) is 5.64. The molecule has 0 saturated carbocycles. The third-order valence-electron chi connectivity index (χ3n) is 3.68. The Hall–Kier alpha value is -1.03. The van der Waals surface area contributed by atoms with E-state index in [1.807, 2.05) is 30.5 Å². The van der Waals surface area contributed by atoms with E-state index < -0.39 is 0 Å². The molecule has 1 aromatic carbocycles. The first-order valence-electron chi connectivity index (χ1n) is 7.01. The number of alkyl halides is 1. The fourth-order valence-electron chi connectivity index (χ4n) is 2.94. The minimum atomic E-state index is -0.222. The summed E-state index contributed by atoms with van der Waals surface area (Å²) in [7, 11) is 0. The summed E-state index contributed by atoms with van der Waals surface area (Å²) in [6.45, 7) is 5.80. The van der Waals surface area contributed by atoms with Gasteiger partial charge in [-0.15, -0.1) is 11.6 Å². The third kappa shape index (κ3) is 3.10. The van der Waals surface area contributed by atoms with Gasteiger partial charge in [0.05, 0.1) is 23.1 Å². The van der Waals surface area contributed by atoms with Crippen LogP contribution in [0.4, 0.5) is 5.69 Å². The average Bonchev–Trinajstić information content (AvgIpc) is 2.44. The van der Waals surface area contributed by atoms with Crippen LogP contribution in [-0.4, -0.2) is 35.7 Å². The molecule has 3 rings (SSSR count). The number of rotatable bonds is 2. The monoisotopic (exact) mass is 324 g/mol. The Morgan fingerprint density at radius 2 is 2.19 bits per heavy atom. The summed E-state index contributed by atoms with van der Waals surface area (Å²) in [4.78, 5) is 6.73. The van der Waals surface area contributed by atoms with E-state index in [0.29, 0.717) is 10.9 Å². The average molecular weight is 325 g/mol. The SMILES string of the molecule is CC1(C)CN(c2ccnc3cc(Cl)ccc23)CC(CCl)O1. The van der Waals surface area contributed by atoms with Crippen LogP contribution >= 0.6 is 23.2 Å². The van der Waals surface area contributed by atoms with Crippen LogP contribution in [0.1, 0.15) is 13.8 Å². The number of nitrogens with zero attached hydrogens (tertiary/aromatic N) is 2. The number of benzene rings is 1. The van der Waals surface area contributed by atoms with Crippen LogP contribution in [0, 0.1) is 0 Å². The Kier molecular flexibility index (Phi) is 4.00. The highest BCUT2D eigenvalue weighted by atomic mass is 35.5. The van der Waals surface area contributed by atoms with E-state index in [4.69, 9.17) is 27.9 Å². The molecule has 0 bridgehead atoms. The normalized spacial score (nSPS) is 21.7. The van der Waals surface area contributed by atoms with Gasteiger partial charge < -0.3 is 9.64 Å². The number of pyridine rings is 1. The Morgan fingerprint density at radius 1 is 1.38 bits per heavy atom. The van der Waals surface area contributed by atoms with E-state index in [-0.39, 0.29) is 11.7 Å². The van der Waals surface area contributed by atoms with Crippen molar-refractivity contribution in [3.63, 3.8) is 0 Å². The molecule has 0 spiro atoms. The summed E-state index contributed by atoms with van der Waals surface area (Å²) >= 11 is 12.1. The summed E-state index contributed by atoms with van der Waals surface area (Å²) in [6.07, 6.45) is 1.86. The highest BCUT2D eigenvalue weighted by molar-refractivity contribution is 6.31. The Balaban J connectivity index is 2.03. The molecule has 112 valence electrons. The topological polar surface area (TPSA) is 25.4 Å². The second-order valence-electron chi connectivity index (χ2n) is 6.03. The molecule has 21 heavy (non-hydrogen) atoms. The maximum absolute atomic E-state index is 6.06. The first-order chi connectivity index (χ1) is 9.98. The largest absolute Gasteiger partial charge is 0.367 e. The minimum Gasteiger partial charge on any atom is -0.367 e. The van der Waals surface area contributed by atoms with Crippen molar-refractivity contribution in [3.8, 4) is 0 Å². The molecular formula is C16H18Cl2N2O. The van der Waals surface area contributed by atoms with Gasteiger partial charge in [-0.25, -0.2) is 0 Å². The van der Waals surface area contributed by atoms with Gasteiger partial charge >= 0.3 is 0 Å². The fourth-order valence-corrected chi connectivity index (χ4v) is 3.27. The quantitative estimate of drug-likeness (QED) is 0.777. The van der Waals surface area contributed by atoms with E-state index in [1.54, 1.807) is 0 Å². The summed E-state index contributed by atoms with van der Waals surface area (Å²) in [5.41, 5.74) is 1.84. The molecule has 0 radical (unpaired) electrons. The van der Waals surface area contributed by atoms with Gasteiger partial charge in [0.25, 0.3) is 0 Å². The highest BCUT2D eigenvalue weighted by Gasteiger charge is 2.33. The van der Waals surface area contributed by atoms with Gasteiger partial charge in [-0.3, -0.25) is 4.98 Å². The van der Waals surface area contributed by atoms with Crippen LogP contribution in [0.3, 0.4) is 0 Å².